The number of nitrogens with one attached hydrogen (secondary N) is 1. The van der Waals surface area contributed by atoms with Gasteiger partial charge in [0.2, 0.25) is 0 Å². The van der Waals surface area contributed by atoms with Crippen molar-refractivity contribution in [2.24, 2.45) is 0 Å². The number of ether oxygens (including phenoxy) is 1. The third kappa shape index (κ3) is 2.30. The van der Waals surface area contributed by atoms with Crippen LogP contribution in [0.3, 0.4) is 0 Å². The highest BCUT2D eigenvalue weighted by atomic mass is 32.2. The minimum Gasteiger partial charge on any atom is -0.453 e. The lowest BCUT2D eigenvalue weighted by molar-refractivity contribution is 0.102. The number of carbonyl (C=O) groups is 1. The summed E-state index contributed by atoms with van der Waals surface area (Å²) >= 11 is 1.63. The summed E-state index contributed by atoms with van der Waals surface area (Å²) in [4.78, 5) is 13.2. The Morgan fingerprint density at radius 2 is 2.05 bits per heavy atom. The maximum absolute atomic E-state index is 12.2. The maximum Gasteiger partial charge on any atom is 0.259 e. The minimum absolute atomic E-state index is 0.148. The highest BCUT2D eigenvalue weighted by molar-refractivity contribution is 7.99. The van der Waals surface area contributed by atoms with Crippen molar-refractivity contribution in [3.05, 3.63) is 60.7 Å². The maximum atomic E-state index is 12.2. The number of hydrogen-bond donors (Lipinski definition) is 1. The lowest BCUT2D eigenvalue weighted by Crippen LogP contribution is -2.10. The number of benzene rings is 2. The predicted molar refractivity (Wildman–Crippen MR) is 81.8 cm³/mol. The van der Waals surface area contributed by atoms with E-state index in [9.17, 15) is 4.79 Å². The van der Waals surface area contributed by atoms with Gasteiger partial charge in [0.1, 0.15) is 5.75 Å². The molecule has 100 valence electrons. The molecular weight excluding hydrogens is 270 g/mol. The summed E-state index contributed by atoms with van der Waals surface area (Å²) in [6.45, 7) is 3.72. The van der Waals surface area contributed by atoms with Crippen LogP contribution in [0.2, 0.25) is 0 Å². The zero-order valence-electron chi connectivity index (χ0n) is 10.8. The van der Waals surface area contributed by atoms with Gasteiger partial charge in [0, 0.05) is 5.75 Å². The Kier molecular flexibility index (Phi) is 3.48. The fraction of sp³-hybridized carbons (Fsp3) is 0.0625. The smallest absolute Gasteiger partial charge is 0.259 e. The lowest BCUT2D eigenvalue weighted by Gasteiger charge is -2.12. The number of fused-ring (bicyclic) bond motifs is 2. The lowest BCUT2D eigenvalue weighted by atomic mass is 10.2. The SMILES string of the molecule is C=CCSc1cccc2c1Oc1ccccc1C(=O)N2. The van der Waals surface area contributed by atoms with E-state index in [4.69, 9.17) is 4.74 Å². The molecule has 0 saturated heterocycles. The number of carbonyl (C=O) groups excluding carboxylic acids is 1. The molecular formula is C16H13NO2S. The molecule has 1 N–H and O–H groups in total. The first-order chi connectivity index (χ1) is 9.79. The summed E-state index contributed by atoms with van der Waals surface area (Å²) in [5, 5.41) is 2.89. The van der Waals surface area contributed by atoms with E-state index in [0.29, 0.717) is 22.7 Å². The highest BCUT2D eigenvalue weighted by Crippen LogP contribution is 2.42. The van der Waals surface area contributed by atoms with E-state index in [1.54, 1.807) is 23.9 Å². The molecule has 0 spiro atoms. The second-order valence-electron chi connectivity index (χ2n) is 4.28. The Labute approximate surface area is 121 Å². The van der Waals surface area contributed by atoms with Gasteiger partial charge in [-0.1, -0.05) is 24.3 Å². The molecule has 0 aliphatic carbocycles. The second kappa shape index (κ2) is 5.43. The zero-order valence-corrected chi connectivity index (χ0v) is 11.6. The monoisotopic (exact) mass is 283 g/mol. The number of anilines is 1. The molecule has 0 radical (unpaired) electrons. The second-order valence-corrected chi connectivity index (χ2v) is 5.35. The number of thioether (sulfide) groups is 1. The Hall–Kier alpha value is -2.20. The molecule has 0 saturated carbocycles. The number of para-hydroxylation sites is 2. The van der Waals surface area contributed by atoms with Gasteiger partial charge in [-0.15, -0.1) is 18.3 Å². The van der Waals surface area contributed by atoms with Crippen LogP contribution in [0.5, 0.6) is 11.5 Å². The third-order valence-corrected chi connectivity index (χ3v) is 3.96. The third-order valence-electron chi connectivity index (χ3n) is 2.93. The Morgan fingerprint density at radius 3 is 2.90 bits per heavy atom. The van der Waals surface area contributed by atoms with E-state index in [2.05, 4.69) is 11.9 Å². The van der Waals surface area contributed by atoms with Crippen molar-refractivity contribution in [2.75, 3.05) is 11.1 Å². The first-order valence-corrected chi connectivity index (χ1v) is 7.23. The first kappa shape index (κ1) is 12.8. The first-order valence-electron chi connectivity index (χ1n) is 6.24. The van der Waals surface area contributed by atoms with Crippen LogP contribution in [0.4, 0.5) is 5.69 Å². The molecule has 1 heterocycles. The van der Waals surface area contributed by atoms with E-state index in [-0.39, 0.29) is 5.91 Å². The molecule has 0 fully saturated rings. The largest absolute Gasteiger partial charge is 0.453 e. The van der Waals surface area contributed by atoms with Crippen LogP contribution in [0.25, 0.3) is 0 Å². The van der Waals surface area contributed by atoms with Crippen LogP contribution in [0, 0.1) is 0 Å². The summed E-state index contributed by atoms with van der Waals surface area (Å²) in [6.07, 6.45) is 1.84. The standard InChI is InChI=1S/C16H13NO2S/c1-2-10-20-14-9-5-7-12-15(14)19-13-8-4-3-6-11(13)16(18)17-12/h2-9H,1,10H2,(H,17,18). The minimum atomic E-state index is -0.148. The van der Waals surface area contributed by atoms with Crippen molar-refractivity contribution < 1.29 is 9.53 Å². The van der Waals surface area contributed by atoms with E-state index in [0.717, 1.165) is 10.6 Å². The molecule has 3 nitrogen and oxygen atoms in total. The molecule has 1 aliphatic heterocycles. The molecule has 4 heteroatoms. The normalized spacial score (nSPS) is 12.5. The average molecular weight is 283 g/mol. The molecule has 1 aliphatic rings. The van der Waals surface area contributed by atoms with Gasteiger partial charge in [0.05, 0.1) is 16.1 Å². The molecule has 20 heavy (non-hydrogen) atoms. The van der Waals surface area contributed by atoms with Gasteiger partial charge in [-0.25, -0.2) is 0 Å². The van der Waals surface area contributed by atoms with Gasteiger partial charge in [-0.2, -0.15) is 0 Å². The van der Waals surface area contributed by atoms with Crippen LogP contribution in [0.1, 0.15) is 10.4 Å². The number of amides is 1. The molecule has 1 amide bonds. The van der Waals surface area contributed by atoms with E-state index in [1.807, 2.05) is 36.4 Å². The summed E-state index contributed by atoms with van der Waals surface area (Å²) in [5.74, 6) is 1.91. The average Bonchev–Trinajstić information content (AvgIpc) is 2.61. The molecule has 2 aromatic carbocycles. The predicted octanol–water partition coefficient (Wildman–Crippen LogP) is 4.32. The quantitative estimate of drug-likeness (QED) is 0.673. The summed E-state index contributed by atoms with van der Waals surface area (Å²) in [5.41, 5.74) is 1.24. The molecule has 2 aromatic rings. The molecule has 3 rings (SSSR count). The van der Waals surface area contributed by atoms with Crippen molar-refractivity contribution in [1.29, 1.82) is 0 Å². The van der Waals surface area contributed by atoms with E-state index < -0.39 is 0 Å². The Bertz CT molecular complexity index is 682. The van der Waals surface area contributed by atoms with Crippen LogP contribution in [0.15, 0.2) is 60.0 Å². The van der Waals surface area contributed by atoms with Gasteiger partial charge in [-0.05, 0) is 24.3 Å². The van der Waals surface area contributed by atoms with Crippen molar-refractivity contribution in [1.82, 2.24) is 0 Å². The number of hydrogen-bond acceptors (Lipinski definition) is 3. The van der Waals surface area contributed by atoms with Crippen molar-refractivity contribution >= 4 is 23.4 Å². The summed E-state index contributed by atoms with van der Waals surface area (Å²) in [7, 11) is 0. The zero-order chi connectivity index (χ0) is 13.9. The summed E-state index contributed by atoms with van der Waals surface area (Å²) < 4.78 is 5.96. The Morgan fingerprint density at radius 1 is 1.20 bits per heavy atom. The topological polar surface area (TPSA) is 38.3 Å². The summed E-state index contributed by atoms with van der Waals surface area (Å²) in [6, 6.07) is 13.0. The van der Waals surface area contributed by atoms with Gasteiger partial charge in [-0.3, -0.25) is 4.79 Å². The molecule has 0 aromatic heterocycles. The van der Waals surface area contributed by atoms with E-state index in [1.165, 1.54) is 0 Å². The number of rotatable bonds is 3. The van der Waals surface area contributed by atoms with Crippen LogP contribution in [-0.2, 0) is 0 Å². The van der Waals surface area contributed by atoms with Crippen molar-refractivity contribution in [2.45, 2.75) is 4.90 Å². The fourth-order valence-corrected chi connectivity index (χ4v) is 2.78. The van der Waals surface area contributed by atoms with Gasteiger partial charge in [0.25, 0.3) is 5.91 Å². The Balaban J connectivity index is 2.08. The molecule has 0 bridgehead atoms. The van der Waals surface area contributed by atoms with Crippen molar-refractivity contribution in [3.63, 3.8) is 0 Å². The van der Waals surface area contributed by atoms with Crippen LogP contribution < -0.4 is 10.1 Å². The van der Waals surface area contributed by atoms with Gasteiger partial charge in [0.15, 0.2) is 5.75 Å². The van der Waals surface area contributed by atoms with Gasteiger partial charge >= 0.3 is 0 Å². The highest BCUT2D eigenvalue weighted by Gasteiger charge is 2.22. The fourth-order valence-electron chi connectivity index (χ4n) is 2.02. The van der Waals surface area contributed by atoms with Gasteiger partial charge < -0.3 is 10.1 Å². The van der Waals surface area contributed by atoms with Crippen LogP contribution >= 0.6 is 11.8 Å². The molecule has 0 unspecified atom stereocenters. The molecule has 0 atom stereocenters. The van der Waals surface area contributed by atoms with Crippen molar-refractivity contribution in [3.8, 4) is 11.5 Å². The van der Waals surface area contributed by atoms with E-state index >= 15 is 0 Å². The van der Waals surface area contributed by atoms with Crippen LogP contribution in [-0.4, -0.2) is 11.7 Å².